The molecule has 2 saturated heterocycles. The monoisotopic (exact) mass is 432 g/mol. The molecule has 0 aromatic carbocycles. The van der Waals surface area contributed by atoms with E-state index in [4.69, 9.17) is 4.55 Å². The number of hydrogen-bond acceptors (Lipinski definition) is 5. The van der Waals surface area contributed by atoms with Crippen LogP contribution < -0.4 is 5.32 Å². The van der Waals surface area contributed by atoms with Crippen LogP contribution in [-0.2, 0) is 19.7 Å². The SMILES string of the molecule is CC1(C)C2CC[C@@]1(CS(=O)(=O)O)C(=O)C2.O=C1CCCCN1[C@H]1CNC[C@@H](F)C1. The van der Waals surface area contributed by atoms with Gasteiger partial charge in [-0.1, -0.05) is 13.8 Å². The topological polar surface area (TPSA) is 104 Å². The quantitative estimate of drug-likeness (QED) is 0.661. The third-order valence-corrected chi connectivity index (χ3v) is 8.50. The van der Waals surface area contributed by atoms with Crippen molar-refractivity contribution in [2.45, 2.75) is 71.0 Å². The number of nitrogens with one attached hydrogen (secondary N) is 1. The van der Waals surface area contributed by atoms with Gasteiger partial charge in [0.2, 0.25) is 5.91 Å². The molecule has 2 heterocycles. The molecule has 4 aliphatic rings. The molecule has 2 aliphatic carbocycles. The summed E-state index contributed by atoms with van der Waals surface area (Å²) in [6.07, 6.45) is 4.41. The first-order valence-electron chi connectivity index (χ1n) is 10.6. The van der Waals surface area contributed by atoms with E-state index in [1.165, 1.54) is 0 Å². The summed E-state index contributed by atoms with van der Waals surface area (Å²) in [5, 5.41) is 3.03. The maximum Gasteiger partial charge on any atom is 0.265 e. The van der Waals surface area contributed by atoms with Gasteiger partial charge >= 0.3 is 0 Å². The van der Waals surface area contributed by atoms with Crippen LogP contribution in [0.25, 0.3) is 0 Å². The van der Waals surface area contributed by atoms with Gasteiger partial charge in [0.25, 0.3) is 10.1 Å². The first-order chi connectivity index (χ1) is 13.5. The van der Waals surface area contributed by atoms with Gasteiger partial charge in [0, 0.05) is 44.9 Å². The van der Waals surface area contributed by atoms with Crippen LogP contribution in [0.3, 0.4) is 0 Å². The number of Topliss-reactive ketones (excluding diaryl/α,β-unsaturated/α-hetero) is 1. The first kappa shape index (κ1) is 22.6. The Bertz CT molecular complexity index is 756. The molecule has 29 heavy (non-hydrogen) atoms. The van der Waals surface area contributed by atoms with Crippen molar-refractivity contribution in [2.24, 2.45) is 16.7 Å². The van der Waals surface area contributed by atoms with Crippen molar-refractivity contribution in [2.75, 3.05) is 25.4 Å². The molecule has 0 radical (unpaired) electrons. The molecule has 0 aromatic heterocycles. The number of carbonyl (C=O) groups excluding carboxylic acids is 2. The second-order valence-electron chi connectivity index (χ2n) is 9.58. The van der Waals surface area contributed by atoms with E-state index in [1.54, 1.807) is 0 Å². The van der Waals surface area contributed by atoms with E-state index in [0.717, 1.165) is 32.4 Å². The lowest BCUT2D eigenvalue weighted by Gasteiger charge is -2.38. The van der Waals surface area contributed by atoms with Gasteiger partial charge in [-0.25, -0.2) is 4.39 Å². The van der Waals surface area contributed by atoms with E-state index in [1.807, 2.05) is 18.7 Å². The van der Waals surface area contributed by atoms with Gasteiger partial charge in [0.05, 0.1) is 11.2 Å². The number of rotatable bonds is 3. The number of carbonyl (C=O) groups is 2. The molecule has 2 saturated carbocycles. The normalized spacial score (nSPS) is 36.7. The van der Waals surface area contributed by atoms with Crippen LogP contribution in [0, 0.1) is 16.7 Å². The number of halogens is 1. The van der Waals surface area contributed by atoms with Gasteiger partial charge in [-0.05, 0) is 37.0 Å². The lowest BCUT2D eigenvalue weighted by Crippen LogP contribution is -2.53. The van der Waals surface area contributed by atoms with Crippen LogP contribution in [0.2, 0.25) is 0 Å². The lowest BCUT2D eigenvalue weighted by atomic mass is 9.70. The summed E-state index contributed by atoms with van der Waals surface area (Å²) in [5.74, 6) is 0.104. The van der Waals surface area contributed by atoms with E-state index < -0.39 is 27.5 Å². The van der Waals surface area contributed by atoms with Crippen molar-refractivity contribution in [1.82, 2.24) is 10.2 Å². The number of amides is 1. The first-order valence-corrected chi connectivity index (χ1v) is 12.2. The molecule has 1 unspecified atom stereocenters. The Morgan fingerprint density at radius 2 is 1.97 bits per heavy atom. The van der Waals surface area contributed by atoms with E-state index in [-0.39, 0.29) is 29.1 Å². The number of ketones is 1. The average molecular weight is 433 g/mol. The predicted molar refractivity (Wildman–Crippen MR) is 107 cm³/mol. The fourth-order valence-electron chi connectivity index (χ4n) is 5.74. The second-order valence-corrected chi connectivity index (χ2v) is 11.0. The molecule has 0 spiro atoms. The molecule has 4 atom stereocenters. The molecule has 2 bridgehead atoms. The molecular weight excluding hydrogens is 399 g/mol. The van der Waals surface area contributed by atoms with Crippen LogP contribution in [-0.4, -0.2) is 67.2 Å². The number of hydrogen-bond donors (Lipinski definition) is 2. The minimum absolute atomic E-state index is 0.0152. The van der Waals surface area contributed by atoms with E-state index >= 15 is 0 Å². The van der Waals surface area contributed by atoms with Gasteiger partial charge in [0.15, 0.2) is 0 Å². The maximum absolute atomic E-state index is 13.1. The number of likely N-dealkylation sites (tertiary alicyclic amines) is 1. The van der Waals surface area contributed by atoms with Crippen molar-refractivity contribution in [3.8, 4) is 0 Å². The Morgan fingerprint density at radius 3 is 2.48 bits per heavy atom. The van der Waals surface area contributed by atoms with Crippen molar-refractivity contribution in [3.05, 3.63) is 0 Å². The van der Waals surface area contributed by atoms with Crippen LogP contribution in [0.4, 0.5) is 4.39 Å². The van der Waals surface area contributed by atoms with Crippen molar-refractivity contribution in [3.63, 3.8) is 0 Å². The zero-order chi connectivity index (χ0) is 21.4. The molecule has 2 aliphatic heterocycles. The van der Waals surface area contributed by atoms with E-state index in [9.17, 15) is 22.4 Å². The molecule has 0 aromatic rings. The molecule has 4 rings (SSSR count). The zero-order valence-corrected chi connectivity index (χ0v) is 18.1. The van der Waals surface area contributed by atoms with Crippen LogP contribution in [0.5, 0.6) is 0 Å². The maximum atomic E-state index is 13.1. The van der Waals surface area contributed by atoms with Crippen LogP contribution >= 0.6 is 0 Å². The Hall–Kier alpha value is -1.06. The summed E-state index contributed by atoms with van der Waals surface area (Å²) in [4.78, 5) is 25.3. The summed E-state index contributed by atoms with van der Waals surface area (Å²) < 4.78 is 44.1. The highest BCUT2D eigenvalue weighted by molar-refractivity contribution is 7.85. The van der Waals surface area contributed by atoms with Crippen LogP contribution in [0.1, 0.15) is 58.8 Å². The summed E-state index contributed by atoms with van der Waals surface area (Å²) in [6, 6.07) is 0.0894. The Balaban J connectivity index is 0.000000166. The lowest BCUT2D eigenvalue weighted by molar-refractivity contribution is -0.136. The van der Waals surface area contributed by atoms with Crippen molar-refractivity contribution >= 4 is 21.8 Å². The van der Waals surface area contributed by atoms with Crippen LogP contribution in [0.15, 0.2) is 0 Å². The largest absolute Gasteiger partial charge is 0.338 e. The smallest absolute Gasteiger partial charge is 0.265 e. The second kappa shape index (κ2) is 8.23. The van der Waals surface area contributed by atoms with Gasteiger partial charge in [-0.3, -0.25) is 14.1 Å². The third kappa shape index (κ3) is 4.51. The van der Waals surface area contributed by atoms with Gasteiger partial charge in [-0.15, -0.1) is 0 Å². The minimum atomic E-state index is -4.08. The van der Waals surface area contributed by atoms with Crippen molar-refractivity contribution < 1.29 is 27.0 Å². The standard InChI is InChI=1S/C10H17FN2O.C10H16O4S/c11-8-5-9(7-12-6-8)13-4-2-1-3-10(13)14;1-9(2)7-3-4-10(9,8(11)5-7)6-15(12,13)14/h8-9,12H,1-7H2;7H,3-6H2,1-2H3,(H,12,13,14)/t8-,9+;7?,10-/m01/s1. The zero-order valence-electron chi connectivity index (χ0n) is 17.3. The minimum Gasteiger partial charge on any atom is -0.338 e. The Labute approximate surface area is 172 Å². The summed E-state index contributed by atoms with van der Waals surface area (Å²) in [6.45, 7) is 5.91. The van der Waals surface area contributed by atoms with E-state index in [0.29, 0.717) is 32.2 Å². The molecule has 7 nitrogen and oxygen atoms in total. The summed E-state index contributed by atoms with van der Waals surface area (Å²) in [7, 11) is -4.08. The average Bonchev–Trinajstić information content (AvgIpc) is 2.95. The number of piperidine rings is 2. The summed E-state index contributed by atoms with van der Waals surface area (Å²) in [5.41, 5.74) is -1.12. The Kier molecular flexibility index (Phi) is 6.42. The highest BCUT2D eigenvalue weighted by Gasteiger charge is 2.65. The number of fused-ring (bicyclic) bond motifs is 2. The van der Waals surface area contributed by atoms with Gasteiger partial charge < -0.3 is 10.2 Å². The molecule has 166 valence electrons. The summed E-state index contributed by atoms with van der Waals surface area (Å²) >= 11 is 0. The molecule has 4 fully saturated rings. The van der Waals surface area contributed by atoms with Gasteiger partial charge in [0.1, 0.15) is 12.0 Å². The number of alkyl halides is 1. The highest BCUT2D eigenvalue weighted by atomic mass is 32.2. The predicted octanol–water partition coefficient (Wildman–Crippen LogP) is 1.97. The van der Waals surface area contributed by atoms with E-state index in [2.05, 4.69) is 5.32 Å². The Morgan fingerprint density at radius 1 is 1.24 bits per heavy atom. The van der Waals surface area contributed by atoms with Gasteiger partial charge in [-0.2, -0.15) is 8.42 Å². The molecule has 2 N–H and O–H groups in total. The third-order valence-electron chi connectivity index (χ3n) is 7.64. The molecule has 1 amide bonds. The van der Waals surface area contributed by atoms with Crippen molar-refractivity contribution in [1.29, 1.82) is 0 Å². The highest BCUT2D eigenvalue weighted by Crippen LogP contribution is 2.64. The molecule has 9 heteroatoms. The number of nitrogens with zero attached hydrogens (tertiary/aromatic N) is 1. The molecular formula is C20H33FN2O5S. The fourth-order valence-corrected chi connectivity index (χ4v) is 7.04. The fraction of sp³-hybridized carbons (Fsp3) is 0.900.